The van der Waals surface area contributed by atoms with Crippen LogP contribution < -0.4 is 0 Å². The number of rotatable bonds is 1. The SMILES string of the molecule is CN1C(=O)[C@H]2CC[C@@H](C1=O)N2N=O. The van der Waals surface area contributed by atoms with Gasteiger partial charge in [-0.3, -0.25) is 14.5 Å². The van der Waals surface area contributed by atoms with Crippen molar-refractivity contribution in [2.75, 3.05) is 7.05 Å². The van der Waals surface area contributed by atoms with Gasteiger partial charge in [0.15, 0.2) is 0 Å². The molecule has 0 saturated carbocycles. The first-order chi connectivity index (χ1) is 6.16. The van der Waals surface area contributed by atoms with E-state index in [9.17, 15) is 14.5 Å². The lowest BCUT2D eigenvalue weighted by Gasteiger charge is -2.32. The zero-order valence-corrected chi connectivity index (χ0v) is 7.14. The molecule has 0 aliphatic carbocycles. The second kappa shape index (κ2) is 2.51. The molecule has 0 aromatic carbocycles. The van der Waals surface area contributed by atoms with E-state index in [1.807, 2.05) is 0 Å². The average molecular weight is 183 g/mol. The highest BCUT2D eigenvalue weighted by Gasteiger charge is 2.50. The van der Waals surface area contributed by atoms with E-state index in [-0.39, 0.29) is 11.8 Å². The molecule has 13 heavy (non-hydrogen) atoms. The van der Waals surface area contributed by atoms with Crippen LogP contribution in [0.3, 0.4) is 0 Å². The number of hydrogen-bond donors (Lipinski definition) is 0. The number of likely N-dealkylation sites (tertiary alicyclic amines) is 1. The smallest absolute Gasteiger partial charge is 0.253 e. The Labute approximate surface area is 74.4 Å². The molecule has 2 heterocycles. The Hall–Kier alpha value is -1.46. The molecule has 70 valence electrons. The molecule has 2 aliphatic heterocycles. The number of carbonyl (C=O) groups is 2. The lowest BCUT2D eigenvalue weighted by molar-refractivity contribution is -0.155. The number of amides is 2. The number of imide groups is 1. The number of hydrogen-bond acceptors (Lipinski definition) is 4. The molecule has 2 bridgehead atoms. The van der Waals surface area contributed by atoms with Gasteiger partial charge in [0.1, 0.15) is 12.1 Å². The zero-order valence-electron chi connectivity index (χ0n) is 7.14. The second-order valence-electron chi connectivity index (χ2n) is 3.31. The third kappa shape index (κ3) is 0.881. The van der Waals surface area contributed by atoms with Crippen molar-refractivity contribution in [2.24, 2.45) is 5.29 Å². The normalized spacial score (nSPS) is 32.7. The van der Waals surface area contributed by atoms with Gasteiger partial charge >= 0.3 is 0 Å². The lowest BCUT2D eigenvalue weighted by atomic mass is 10.2. The van der Waals surface area contributed by atoms with Gasteiger partial charge in [0, 0.05) is 7.05 Å². The van der Waals surface area contributed by atoms with E-state index in [0.29, 0.717) is 12.8 Å². The van der Waals surface area contributed by atoms with Gasteiger partial charge in [0.05, 0.1) is 5.29 Å². The van der Waals surface area contributed by atoms with Gasteiger partial charge in [-0.25, -0.2) is 5.01 Å². The molecule has 0 aromatic heterocycles. The number of nitroso groups, excluding NO2 is 1. The van der Waals surface area contributed by atoms with Gasteiger partial charge in [0.2, 0.25) is 0 Å². The van der Waals surface area contributed by atoms with Crippen LogP contribution in [0.4, 0.5) is 0 Å². The Morgan fingerprint density at radius 2 is 1.69 bits per heavy atom. The molecule has 0 N–H and O–H groups in total. The summed E-state index contributed by atoms with van der Waals surface area (Å²) < 4.78 is 0. The number of likely N-dealkylation sites (N-methyl/N-ethyl adjacent to an activating group) is 1. The number of nitrogens with zero attached hydrogens (tertiary/aromatic N) is 3. The van der Waals surface area contributed by atoms with Crippen LogP contribution in [0, 0.1) is 4.91 Å². The van der Waals surface area contributed by atoms with Gasteiger partial charge in [-0.2, -0.15) is 0 Å². The first-order valence-electron chi connectivity index (χ1n) is 4.10. The summed E-state index contributed by atoms with van der Waals surface area (Å²) in [4.78, 5) is 34.3. The van der Waals surface area contributed by atoms with E-state index in [1.165, 1.54) is 7.05 Å². The number of fused-ring (bicyclic) bond motifs is 2. The molecular formula is C7H9N3O3. The van der Waals surface area contributed by atoms with Gasteiger partial charge in [0.25, 0.3) is 11.8 Å². The van der Waals surface area contributed by atoms with Crippen LogP contribution in [-0.4, -0.2) is 40.9 Å². The maximum absolute atomic E-state index is 11.4. The van der Waals surface area contributed by atoms with E-state index >= 15 is 0 Å². The minimum Gasteiger partial charge on any atom is -0.282 e. The van der Waals surface area contributed by atoms with Crippen molar-refractivity contribution in [1.29, 1.82) is 0 Å². The summed E-state index contributed by atoms with van der Waals surface area (Å²) >= 11 is 0. The molecule has 2 atom stereocenters. The molecule has 2 aliphatic rings. The first-order valence-corrected chi connectivity index (χ1v) is 4.10. The second-order valence-corrected chi connectivity index (χ2v) is 3.31. The van der Waals surface area contributed by atoms with Crippen LogP contribution in [-0.2, 0) is 9.59 Å². The summed E-state index contributed by atoms with van der Waals surface area (Å²) in [5, 5.41) is 3.81. The number of carbonyl (C=O) groups excluding carboxylic acids is 2. The predicted octanol–water partition coefficient (Wildman–Crippen LogP) is -0.501. The molecule has 0 radical (unpaired) electrons. The molecular weight excluding hydrogens is 174 g/mol. The average Bonchev–Trinajstić information content (AvgIpc) is 2.52. The fourth-order valence-corrected chi connectivity index (χ4v) is 1.94. The maximum Gasteiger partial charge on any atom is 0.253 e. The van der Waals surface area contributed by atoms with Gasteiger partial charge in [-0.15, -0.1) is 4.91 Å². The Kier molecular flexibility index (Phi) is 1.58. The van der Waals surface area contributed by atoms with Crippen LogP contribution in [0.2, 0.25) is 0 Å². The molecule has 0 unspecified atom stereocenters. The van der Waals surface area contributed by atoms with Gasteiger partial charge in [-0.05, 0) is 12.8 Å². The molecule has 2 saturated heterocycles. The Bertz CT molecular complexity index is 267. The lowest BCUT2D eigenvalue weighted by Crippen LogP contribution is -2.57. The molecule has 6 heteroatoms. The largest absolute Gasteiger partial charge is 0.282 e. The van der Waals surface area contributed by atoms with Crippen molar-refractivity contribution in [2.45, 2.75) is 24.9 Å². The third-order valence-corrected chi connectivity index (χ3v) is 2.68. The highest BCUT2D eigenvalue weighted by atomic mass is 16.3. The van der Waals surface area contributed by atoms with Crippen LogP contribution >= 0.6 is 0 Å². The zero-order chi connectivity index (χ0) is 9.59. The molecule has 2 rings (SSSR count). The Balaban J connectivity index is 2.37. The molecule has 6 nitrogen and oxygen atoms in total. The predicted molar refractivity (Wildman–Crippen MR) is 42.2 cm³/mol. The van der Waals surface area contributed by atoms with Crippen molar-refractivity contribution in [1.82, 2.24) is 9.91 Å². The topological polar surface area (TPSA) is 70.1 Å². The summed E-state index contributed by atoms with van der Waals surface area (Å²) in [6.07, 6.45) is 1.09. The van der Waals surface area contributed by atoms with Crippen molar-refractivity contribution in [3.05, 3.63) is 4.91 Å². The standard InChI is InChI=1S/C7H9N3O3/c1-9-6(11)4-2-3-5(7(9)12)10(4)8-13/h4-5H,2-3H2,1H3/t4-,5+. The summed E-state index contributed by atoms with van der Waals surface area (Å²) in [5.41, 5.74) is 0. The van der Waals surface area contributed by atoms with Crippen LogP contribution in [0.15, 0.2) is 5.29 Å². The van der Waals surface area contributed by atoms with Crippen molar-refractivity contribution in [3.63, 3.8) is 0 Å². The minimum atomic E-state index is -0.509. The van der Waals surface area contributed by atoms with Crippen molar-refractivity contribution >= 4 is 11.8 Å². The minimum absolute atomic E-state index is 0.321. The summed E-state index contributed by atoms with van der Waals surface area (Å²) in [6.45, 7) is 0. The van der Waals surface area contributed by atoms with E-state index in [1.54, 1.807) is 0 Å². The van der Waals surface area contributed by atoms with Gasteiger partial charge < -0.3 is 0 Å². The highest BCUT2D eigenvalue weighted by molar-refractivity contribution is 6.03. The van der Waals surface area contributed by atoms with Gasteiger partial charge in [-0.1, -0.05) is 0 Å². The summed E-state index contributed by atoms with van der Waals surface area (Å²) in [6, 6.07) is -1.02. The molecule has 2 fully saturated rings. The summed E-state index contributed by atoms with van der Waals surface area (Å²) in [7, 11) is 1.44. The van der Waals surface area contributed by atoms with Crippen molar-refractivity contribution < 1.29 is 9.59 Å². The third-order valence-electron chi connectivity index (χ3n) is 2.68. The molecule has 0 aromatic rings. The Morgan fingerprint density at radius 1 is 1.23 bits per heavy atom. The first kappa shape index (κ1) is 8.15. The van der Waals surface area contributed by atoms with E-state index in [2.05, 4.69) is 5.29 Å². The fourth-order valence-electron chi connectivity index (χ4n) is 1.94. The van der Waals surface area contributed by atoms with Crippen LogP contribution in [0.1, 0.15) is 12.8 Å². The van der Waals surface area contributed by atoms with E-state index in [4.69, 9.17) is 0 Å². The molecule has 0 spiro atoms. The van der Waals surface area contributed by atoms with Crippen LogP contribution in [0.25, 0.3) is 0 Å². The van der Waals surface area contributed by atoms with E-state index < -0.39 is 12.1 Å². The monoisotopic (exact) mass is 183 g/mol. The Morgan fingerprint density at radius 3 is 2.08 bits per heavy atom. The quantitative estimate of drug-likeness (QED) is 0.406. The summed E-state index contributed by atoms with van der Waals surface area (Å²) in [5.74, 6) is -0.642. The maximum atomic E-state index is 11.4. The van der Waals surface area contributed by atoms with Crippen LogP contribution in [0.5, 0.6) is 0 Å². The molecule has 2 amide bonds. The number of piperazine rings is 1. The van der Waals surface area contributed by atoms with E-state index in [0.717, 1.165) is 9.91 Å². The fraction of sp³-hybridized carbons (Fsp3) is 0.714. The van der Waals surface area contributed by atoms with Crippen molar-refractivity contribution in [3.8, 4) is 0 Å². The highest BCUT2D eigenvalue weighted by Crippen LogP contribution is 2.31.